The van der Waals surface area contributed by atoms with E-state index in [1.165, 1.54) is 12.1 Å². The molecule has 1 aromatic rings. The van der Waals surface area contributed by atoms with Gasteiger partial charge in [-0.15, -0.1) is 0 Å². The van der Waals surface area contributed by atoms with Crippen molar-refractivity contribution >= 4 is 15.9 Å². The Balaban J connectivity index is 2.46. The molecule has 0 nitrogen and oxygen atoms in total. The van der Waals surface area contributed by atoms with Crippen LogP contribution in [0.15, 0.2) is 18.2 Å². The topological polar surface area (TPSA) is 0 Å². The van der Waals surface area contributed by atoms with E-state index in [0.29, 0.717) is 16.8 Å². The second kappa shape index (κ2) is 5.94. The lowest BCUT2D eigenvalue weighted by Gasteiger charge is -2.25. The molecule has 0 aliphatic carbocycles. The van der Waals surface area contributed by atoms with Crippen LogP contribution in [-0.2, 0) is 6.42 Å². The Kier molecular flexibility index (Phi) is 5.11. The highest BCUT2D eigenvalue weighted by atomic mass is 79.9. The summed E-state index contributed by atoms with van der Waals surface area (Å²) in [6, 6.07) is 3.80. The second-order valence-corrected chi connectivity index (χ2v) is 6.57. The van der Waals surface area contributed by atoms with E-state index in [1.807, 2.05) is 0 Å². The molecule has 0 bridgehead atoms. The molecule has 1 aromatic carbocycles. The summed E-state index contributed by atoms with van der Waals surface area (Å²) in [7, 11) is 0. The van der Waals surface area contributed by atoms with Gasteiger partial charge in [-0.3, -0.25) is 0 Å². The van der Waals surface area contributed by atoms with Gasteiger partial charge in [-0.2, -0.15) is 0 Å². The Labute approximate surface area is 111 Å². The molecular weight excluding hydrogens is 286 g/mol. The third-order valence-electron chi connectivity index (χ3n) is 2.86. The predicted octanol–water partition coefficient (Wildman–Crippen LogP) is 5.10. The van der Waals surface area contributed by atoms with Gasteiger partial charge in [-0.1, -0.05) is 42.8 Å². The number of hydrogen-bond acceptors (Lipinski definition) is 0. The number of halogens is 3. The summed E-state index contributed by atoms with van der Waals surface area (Å²) in [5.41, 5.74) is 0.807. The molecular formula is C14H19BrF2. The Hall–Kier alpha value is -0.440. The van der Waals surface area contributed by atoms with Gasteiger partial charge in [0.2, 0.25) is 0 Å². The van der Waals surface area contributed by atoms with Gasteiger partial charge in [0.15, 0.2) is 0 Å². The van der Waals surface area contributed by atoms with Gasteiger partial charge >= 0.3 is 0 Å². The second-order valence-electron chi connectivity index (χ2n) is 5.46. The van der Waals surface area contributed by atoms with E-state index in [1.54, 1.807) is 0 Å². The molecule has 1 atom stereocenters. The van der Waals surface area contributed by atoms with Gasteiger partial charge in [0.05, 0.1) is 0 Å². The fourth-order valence-electron chi connectivity index (χ4n) is 1.63. The first-order valence-electron chi connectivity index (χ1n) is 5.88. The molecule has 0 aliphatic heterocycles. The van der Waals surface area contributed by atoms with Crippen LogP contribution in [0, 0.1) is 17.0 Å². The summed E-state index contributed by atoms with van der Waals surface area (Å²) < 4.78 is 26.1. The van der Waals surface area contributed by atoms with E-state index in [9.17, 15) is 8.78 Å². The van der Waals surface area contributed by atoms with Crippen LogP contribution in [0.5, 0.6) is 0 Å². The smallest absolute Gasteiger partial charge is 0.129 e. The van der Waals surface area contributed by atoms with Crippen LogP contribution in [-0.4, -0.2) is 4.83 Å². The number of aryl methyl sites for hydroxylation is 1. The van der Waals surface area contributed by atoms with Crippen molar-refractivity contribution in [3.05, 3.63) is 35.4 Å². The Morgan fingerprint density at radius 1 is 1.24 bits per heavy atom. The van der Waals surface area contributed by atoms with Crippen molar-refractivity contribution in [2.45, 2.75) is 44.9 Å². The zero-order chi connectivity index (χ0) is 13.1. The van der Waals surface area contributed by atoms with E-state index in [0.717, 1.165) is 18.9 Å². The first kappa shape index (κ1) is 14.6. The van der Waals surface area contributed by atoms with Gasteiger partial charge in [0, 0.05) is 10.9 Å². The van der Waals surface area contributed by atoms with Crippen LogP contribution in [0.3, 0.4) is 0 Å². The molecule has 0 fully saturated rings. The van der Waals surface area contributed by atoms with E-state index in [-0.39, 0.29) is 5.41 Å². The van der Waals surface area contributed by atoms with Crippen molar-refractivity contribution < 1.29 is 8.78 Å². The SMILES string of the molecule is CC(C)(C)C(Br)CCCc1ccc(F)cc1F. The minimum Gasteiger partial charge on any atom is -0.207 e. The molecule has 0 heterocycles. The normalized spacial score (nSPS) is 13.8. The number of benzene rings is 1. The maximum atomic E-state index is 13.4. The molecule has 0 amide bonds. The van der Waals surface area contributed by atoms with Gasteiger partial charge in [0.25, 0.3) is 0 Å². The van der Waals surface area contributed by atoms with Crippen LogP contribution in [0.1, 0.15) is 39.2 Å². The number of rotatable bonds is 4. The molecule has 0 radical (unpaired) electrons. The lowest BCUT2D eigenvalue weighted by Crippen LogP contribution is -2.20. The molecule has 0 saturated heterocycles. The fraction of sp³-hybridized carbons (Fsp3) is 0.571. The molecule has 0 N–H and O–H groups in total. The summed E-state index contributed by atoms with van der Waals surface area (Å²) in [6.07, 6.45) is 2.54. The standard InChI is InChI=1S/C14H19BrF2/c1-14(2,3)13(15)6-4-5-10-7-8-11(16)9-12(10)17/h7-9,13H,4-6H2,1-3H3. The highest BCUT2D eigenvalue weighted by Gasteiger charge is 2.21. The fourth-order valence-corrected chi connectivity index (χ4v) is 1.95. The van der Waals surface area contributed by atoms with Crippen LogP contribution in [0.2, 0.25) is 0 Å². The third kappa shape index (κ3) is 4.74. The zero-order valence-corrected chi connectivity index (χ0v) is 12.2. The lowest BCUT2D eigenvalue weighted by molar-refractivity contribution is 0.380. The molecule has 96 valence electrons. The van der Waals surface area contributed by atoms with E-state index in [4.69, 9.17) is 0 Å². The van der Waals surface area contributed by atoms with E-state index < -0.39 is 11.6 Å². The highest BCUT2D eigenvalue weighted by molar-refractivity contribution is 9.09. The Bertz CT molecular complexity index is 369. The van der Waals surface area contributed by atoms with Crippen molar-refractivity contribution in [2.24, 2.45) is 5.41 Å². The van der Waals surface area contributed by atoms with Gasteiger partial charge in [-0.25, -0.2) is 8.78 Å². The Morgan fingerprint density at radius 2 is 1.88 bits per heavy atom. The monoisotopic (exact) mass is 304 g/mol. The lowest BCUT2D eigenvalue weighted by atomic mass is 9.89. The van der Waals surface area contributed by atoms with E-state index in [2.05, 4.69) is 36.7 Å². The first-order valence-corrected chi connectivity index (χ1v) is 6.80. The average Bonchev–Trinajstić information content (AvgIpc) is 2.19. The van der Waals surface area contributed by atoms with Crippen molar-refractivity contribution in [2.75, 3.05) is 0 Å². The molecule has 1 unspecified atom stereocenters. The number of hydrogen-bond donors (Lipinski definition) is 0. The summed E-state index contributed by atoms with van der Waals surface area (Å²) in [6.45, 7) is 6.51. The van der Waals surface area contributed by atoms with Gasteiger partial charge < -0.3 is 0 Å². The quantitative estimate of drug-likeness (QED) is 0.679. The van der Waals surface area contributed by atoms with Gasteiger partial charge in [-0.05, 0) is 36.3 Å². The van der Waals surface area contributed by atoms with Crippen LogP contribution >= 0.6 is 15.9 Å². The summed E-state index contributed by atoms with van der Waals surface area (Å²) in [5.74, 6) is -0.953. The maximum absolute atomic E-state index is 13.4. The third-order valence-corrected chi connectivity index (χ3v) is 4.69. The van der Waals surface area contributed by atoms with Gasteiger partial charge in [0.1, 0.15) is 11.6 Å². The predicted molar refractivity (Wildman–Crippen MR) is 71.5 cm³/mol. The molecule has 0 spiro atoms. The Morgan fingerprint density at radius 3 is 2.41 bits per heavy atom. The van der Waals surface area contributed by atoms with E-state index >= 15 is 0 Å². The molecule has 0 aliphatic rings. The average molecular weight is 305 g/mol. The molecule has 1 rings (SSSR count). The molecule has 0 aromatic heterocycles. The first-order chi connectivity index (χ1) is 7.80. The maximum Gasteiger partial charge on any atom is 0.129 e. The van der Waals surface area contributed by atoms with Crippen LogP contribution < -0.4 is 0 Å². The minimum atomic E-state index is -0.515. The summed E-state index contributed by atoms with van der Waals surface area (Å²) in [4.78, 5) is 0.415. The van der Waals surface area contributed by atoms with Crippen molar-refractivity contribution in [1.82, 2.24) is 0 Å². The molecule has 17 heavy (non-hydrogen) atoms. The largest absolute Gasteiger partial charge is 0.207 e. The zero-order valence-electron chi connectivity index (χ0n) is 10.6. The van der Waals surface area contributed by atoms with Crippen LogP contribution in [0.4, 0.5) is 8.78 Å². The highest BCUT2D eigenvalue weighted by Crippen LogP contribution is 2.30. The minimum absolute atomic E-state index is 0.210. The molecule has 3 heteroatoms. The van der Waals surface area contributed by atoms with Crippen LogP contribution in [0.25, 0.3) is 0 Å². The van der Waals surface area contributed by atoms with Crippen molar-refractivity contribution in [3.63, 3.8) is 0 Å². The molecule has 0 saturated carbocycles. The number of alkyl halides is 1. The summed E-state index contributed by atoms with van der Waals surface area (Å²) >= 11 is 3.65. The summed E-state index contributed by atoms with van der Waals surface area (Å²) in [5, 5.41) is 0. The van der Waals surface area contributed by atoms with Crippen molar-refractivity contribution in [1.29, 1.82) is 0 Å². The van der Waals surface area contributed by atoms with Crippen molar-refractivity contribution in [3.8, 4) is 0 Å².